The van der Waals surface area contributed by atoms with Crippen molar-refractivity contribution in [3.63, 3.8) is 0 Å². The van der Waals surface area contributed by atoms with Crippen LogP contribution in [0.2, 0.25) is 0 Å². The van der Waals surface area contributed by atoms with Gasteiger partial charge in [0.2, 0.25) is 5.76 Å². The van der Waals surface area contributed by atoms with Crippen LogP contribution in [0.5, 0.6) is 0 Å². The normalized spacial score (nSPS) is 15.6. The third-order valence-corrected chi connectivity index (χ3v) is 5.79. The zero-order valence-electron chi connectivity index (χ0n) is 16.9. The van der Waals surface area contributed by atoms with Crippen LogP contribution in [-0.4, -0.2) is 5.91 Å². The van der Waals surface area contributed by atoms with Gasteiger partial charge in [-0.3, -0.25) is 14.5 Å². The zero-order valence-corrected chi connectivity index (χ0v) is 16.9. The van der Waals surface area contributed by atoms with Gasteiger partial charge >= 0.3 is 0 Å². The molecule has 4 aromatic rings. The van der Waals surface area contributed by atoms with Crippen LogP contribution in [0.1, 0.15) is 45.8 Å². The number of para-hydroxylation sites is 1. The second-order valence-electron chi connectivity index (χ2n) is 7.68. The summed E-state index contributed by atoms with van der Waals surface area (Å²) in [4.78, 5) is 28.6. The van der Waals surface area contributed by atoms with Crippen LogP contribution < -0.4 is 10.3 Å². The van der Waals surface area contributed by atoms with E-state index in [2.05, 4.69) is 6.92 Å². The van der Waals surface area contributed by atoms with Crippen molar-refractivity contribution in [3.05, 3.63) is 111 Å². The molecule has 0 bridgehead atoms. The van der Waals surface area contributed by atoms with E-state index in [4.69, 9.17) is 4.42 Å². The molecule has 30 heavy (non-hydrogen) atoms. The number of carbonyl (C=O) groups excluding carboxylic acids is 1. The Morgan fingerprint density at radius 2 is 1.60 bits per heavy atom. The number of anilines is 1. The van der Waals surface area contributed by atoms with Gasteiger partial charge in [0.25, 0.3) is 5.91 Å². The SMILES string of the molecule is CCc1ccc(N2C(=O)c3oc4ccccc4c(=O)c3C2c2ccc(C)cc2)cc1. The fourth-order valence-electron chi connectivity index (χ4n) is 4.14. The first-order valence-electron chi connectivity index (χ1n) is 10.1. The molecule has 3 aromatic carbocycles. The van der Waals surface area contributed by atoms with Crippen molar-refractivity contribution in [2.75, 3.05) is 4.90 Å². The Bertz CT molecular complexity index is 1320. The largest absolute Gasteiger partial charge is 0.450 e. The molecule has 4 heteroatoms. The van der Waals surface area contributed by atoms with Crippen LogP contribution >= 0.6 is 0 Å². The molecular weight excluding hydrogens is 374 g/mol. The fourth-order valence-corrected chi connectivity index (χ4v) is 4.14. The van der Waals surface area contributed by atoms with Gasteiger partial charge in [0, 0.05) is 5.69 Å². The quantitative estimate of drug-likeness (QED) is 0.466. The Labute approximate surface area is 174 Å². The van der Waals surface area contributed by atoms with Gasteiger partial charge in [-0.2, -0.15) is 0 Å². The number of nitrogens with zero attached hydrogens (tertiary/aromatic N) is 1. The number of amides is 1. The van der Waals surface area contributed by atoms with Crippen LogP contribution in [0.25, 0.3) is 11.0 Å². The zero-order chi connectivity index (χ0) is 20.8. The van der Waals surface area contributed by atoms with Gasteiger partial charge in [-0.05, 0) is 48.7 Å². The van der Waals surface area contributed by atoms with Crippen LogP contribution in [0, 0.1) is 6.92 Å². The molecule has 5 rings (SSSR count). The second-order valence-corrected chi connectivity index (χ2v) is 7.68. The van der Waals surface area contributed by atoms with Crippen molar-refractivity contribution in [3.8, 4) is 0 Å². The summed E-state index contributed by atoms with van der Waals surface area (Å²) in [6, 6.07) is 22.4. The Kier molecular flexibility index (Phi) is 4.28. The third kappa shape index (κ3) is 2.76. The Hall–Kier alpha value is -3.66. The number of carbonyl (C=O) groups is 1. The van der Waals surface area contributed by atoms with E-state index in [1.165, 1.54) is 5.56 Å². The summed E-state index contributed by atoms with van der Waals surface area (Å²) in [5.74, 6) is -0.161. The molecule has 0 saturated heterocycles. The highest BCUT2D eigenvalue weighted by Crippen LogP contribution is 2.41. The lowest BCUT2D eigenvalue weighted by molar-refractivity contribution is 0.0971. The van der Waals surface area contributed by atoms with E-state index in [0.717, 1.165) is 23.2 Å². The maximum absolute atomic E-state index is 13.5. The van der Waals surface area contributed by atoms with Crippen LogP contribution in [0.15, 0.2) is 82.0 Å². The van der Waals surface area contributed by atoms with E-state index in [0.29, 0.717) is 16.5 Å². The van der Waals surface area contributed by atoms with Gasteiger partial charge in [-0.1, -0.05) is 61.0 Å². The van der Waals surface area contributed by atoms with Crippen LogP contribution in [0.3, 0.4) is 0 Å². The van der Waals surface area contributed by atoms with E-state index in [9.17, 15) is 9.59 Å². The number of rotatable bonds is 3. The molecule has 1 atom stereocenters. The summed E-state index contributed by atoms with van der Waals surface area (Å²) >= 11 is 0. The summed E-state index contributed by atoms with van der Waals surface area (Å²) in [5, 5.41) is 0.490. The van der Waals surface area contributed by atoms with Crippen molar-refractivity contribution in [1.82, 2.24) is 0 Å². The predicted octanol–water partition coefficient (Wildman–Crippen LogP) is 5.41. The topological polar surface area (TPSA) is 50.5 Å². The summed E-state index contributed by atoms with van der Waals surface area (Å²) in [6.07, 6.45) is 0.918. The highest BCUT2D eigenvalue weighted by Gasteiger charge is 2.43. The molecule has 0 fully saturated rings. The first-order chi connectivity index (χ1) is 14.6. The van der Waals surface area contributed by atoms with E-state index >= 15 is 0 Å². The van der Waals surface area contributed by atoms with Gasteiger partial charge in [0.15, 0.2) is 5.43 Å². The third-order valence-electron chi connectivity index (χ3n) is 5.79. The van der Waals surface area contributed by atoms with Gasteiger partial charge in [0.05, 0.1) is 17.0 Å². The van der Waals surface area contributed by atoms with E-state index in [-0.39, 0.29) is 17.1 Å². The smallest absolute Gasteiger partial charge is 0.295 e. The lowest BCUT2D eigenvalue weighted by Crippen LogP contribution is -2.29. The molecule has 0 N–H and O–H groups in total. The Balaban J connectivity index is 1.78. The molecule has 1 aromatic heterocycles. The molecule has 0 radical (unpaired) electrons. The number of hydrogen-bond donors (Lipinski definition) is 0. The van der Waals surface area contributed by atoms with E-state index in [1.807, 2.05) is 61.5 Å². The highest BCUT2D eigenvalue weighted by atomic mass is 16.3. The van der Waals surface area contributed by atoms with Crippen molar-refractivity contribution in [2.24, 2.45) is 0 Å². The number of hydrogen-bond acceptors (Lipinski definition) is 3. The lowest BCUT2D eigenvalue weighted by Gasteiger charge is -2.25. The average Bonchev–Trinajstić information content (AvgIpc) is 3.07. The highest BCUT2D eigenvalue weighted by molar-refractivity contribution is 6.10. The molecule has 1 amide bonds. The maximum atomic E-state index is 13.5. The minimum Gasteiger partial charge on any atom is -0.450 e. The first kappa shape index (κ1) is 18.4. The number of aryl methyl sites for hydroxylation is 2. The first-order valence-corrected chi connectivity index (χ1v) is 10.1. The summed E-state index contributed by atoms with van der Waals surface area (Å²) in [7, 11) is 0. The molecular formula is C26H21NO3. The molecule has 1 aliphatic heterocycles. The predicted molar refractivity (Wildman–Crippen MR) is 118 cm³/mol. The second kappa shape index (κ2) is 6.99. The minimum absolute atomic E-state index is 0.129. The lowest BCUT2D eigenvalue weighted by atomic mass is 9.97. The summed E-state index contributed by atoms with van der Waals surface area (Å²) < 4.78 is 5.98. The van der Waals surface area contributed by atoms with Crippen molar-refractivity contribution >= 4 is 22.6 Å². The van der Waals surface area contributed by atoms with Crippen molar-refractivity contribution < 1.29 is 9.21 Å². The molecule has 0 aliphatic carbocycles. The Morgan fingerprint density at radius 1 is 0.900 bits per heavy atom. The average molecular weight is 395 g/mol. The van der Waals surface area contributed by atoms with E-state index in [1.54, 1.807) is 23.1 Å². The summed E-state index contributed by atoms with van der Waals surface area (Å²) in [5.41, 5.74) is 4.62. The minimum atomic E-state index is -0.526. The fraction of sp³-hybridized carbons (Fsp3) is 0.154. The summed E-state index contributed by atoms with van der Waals surface area (Å²) in [6.45, 7) is 4.11. The van der Waals surface area contributed by atoms with Crippen LogP contribution in [0.4, 0.5) is 5.69 Å². The van der Waals surface area contributed by atoms with Crippen molar-refractivity contribution in [1.29, 1.82) is 0 Å². The van der Waals surface area contributed by atoms with Gasteiger partial charge in [-0.25, -0.2) is 0 Å². The number of fused-ring (bicyclic) bond motifs is 2. The Morgan fingerprint density at radius 3 is 2.30 bits per heavy atom. The molecule has 0 spiro atoms. The van der Waals surface area contributed by atoms with Crippen LogP contribution in [-0.2, 0) is 6.42 Å². The molecule has 0 saturated carbocycles. The van der Waals surface area contributed by atoms with Gasteiger partial charge in [0.1, 0.15) is 5.58 Å². The molecule has 148 valence electrons. The maximum Gasteiger partial charge on any atom is 0.295 e. The molecule has 1 unspecified atom stereocenters. The number of benzene rings is 3. The molecule has 4 nitrogen and oxygen atoms in total. The van der Waals surface area contributed by atoms with Crippen molar-refractivity contribution in [2.45, 2.75) is 26.3 Å². The molecule has 2 heterocycles. The van der Waals surface area contributed by atoms with Gasteiger partial charge in [-0.15, -0.1) is 0 Å². The standard InChI is InChI=1S/C26H21NO3/c1-3-17-10-14-19(15-11-17)27-23(18-12-8-16(2)9-13-18)22-24(28)20-6-4-5-7-21(20)30-25(22)26(27)29/h4-15,23H,3H2,1-2H3. The monoisotopic (exact) mass is 395 g/mol. The molecule has 1 aliphatic rings. The van der Waals surface area contributed by atoms with Gasteiger partial charge < -0.3 is 4.42 Å². The van der Waals surface area contributed by atoms with E-state index < -0.39 is 6.04 Å².